The second-order valence-electron chi connectivity index (χ2n) is 9.09. The molecular formula is C23H33N3O2. The molecule has 3 fully saturated rings. The van der Waals surface area contributed by atoms with Gasteiger partial charge in [-0.15, -0.1) is 0 Å². The predicted octanol–water partition coefficient (Wildman–Crippen LogP) is 3.94. The molecule has 0 bridgehead atoms. The first-order valence-corrected chi connectivity index (χ1v) is 11.2. The molecule has 0 aromatic carbocycles. The summed E-state index contributed by atoms with van der Waals surface area (Å²) >= 11 is 0. The Labute approximate surface area is 168 Å². The van der Waals surface area contributed by atoms with Gasteiger partial charge in [0.05, 0.1) is 5.92 Å². The molecule has 1 aromatic rings. The number of carbonyl (C=O) groups excluding carboxylic acids is 2. The molecule has 5 nitrogen and oxygen atoms in total. The maximum atomic E-state index is 13.3. The van der Waals surface area contributed by atoms with Gasteiger partial charge < -0.3 is 10.2 Å². The molecule has 1 aromatic heterocycles. The predicted molar refractivity (Wildman–Crippen MR) is 109 cm³/mol. The third-order valence-electron chi connectivity index (χ3n) is 7.23. The minimum Gasteiger partial charge on any atom is -0.353 e. The van der Waals surface area contributed by atoms with E-state index in [1.807, 2.05) is 4.90 Å². The van der Waals surface area contributed by atoms with Gasteiger partial charge in [-0.05, 0) is 37.8 Å². The third-order valence-corrected chi connectivity index (χ3v) is 7.23. The number of aromatic nitrogens is 1. The first kappa shape index (κ1) is 19.4. The lowest BCUT2D eigenvalue weighted by atomic mass is 9.67. The molecule has 5 heteroatoms. The molecule has 2 aliphatic carbocycles. The Balaban J connectivity index is 1.50. The zero-order valence-corrected chi connectivity index (χ0v) is 16.9. The fraction of sp³-hybridized carbons (Fsp3) is 0.696. The van der Waals surface area contributed by atoms with Crippen molar-refractivity contribution in [3.63, 3.8) is 0 Å². The summed E-state index contributed by atoms with van der Waals surface area (Å²) in [5, 5.41) is 3.38. The van der Waals surface area contributed by atoms with Crippen LogP contribution in [0.2, 0.25) is 0 Å². The van der Waals surface area contributed by atoms with Gasteiger partial charge in [-0.2, -0.15) is 0 Å². The first-order chi connectivity index (χ1) is 13.7. The van der Waals surface area contributed by atoms with Crippen molar-refractivity contribution < 1.29 is 9.59 Å². The molecule has 28 heavy (non-hydrogen) atoms. The van der Waals surface area contributed by atoms with Crippen molar-refractivity contribution in [1.29, 1.82) is 0 Å². The van der Waals surface area contributed by atoms with Crippen LogP contribution in [0.3, 0.4) is 0 Å². The highest BCUT2D eigenvalue weighted by Crippen LogP contribution is 2.48. The molecule has 4 rings (SSSR count). The topological polar surface area (TPSA) is 62.3 Å². The summed E-state index contributed by atoms with van der Waals surface area (Å²) in [6, 6.07) is 3.87. The van der Waals surface area contributed by atoms with Gasteiger partial charge >= 0.3 is 0 Å². The number of amides is 2. The van der Waals surface area contributed by atoms with Crippen molar-refractivity contribution in [1.82, 2.24) is 15.2 Å². The molecule has 2 amide bonds. The van der Waals surface area contributed by atoms with E-state index in [9.17, 15) is 9.59 Å². The molecule has 152 valence electrons. The maximum Gasteiger partial charge on any atom is 0.254 e. The zero-order valence-electron chi connectivity index (χ0n) is 16.9. The summed E-state index contributed by atoms with van der Waals surface area (Å²) in [6.45, 7) is 1.27. The fourth-order valence-corrected chi connectivity index (χ4v) is 5.65. The second kappa shape index (κ2) is 8.62. The number of nitrogens with zero attached hydrogens (tertiary/aromatic N) is 2. The van der Waals surface area contributed by atoms with Crippen LogP contribution in [0.5, 0.6) is 0 Å². The van der Waals surface area contributed by atoms with Crippen LogP contribution in [0, 0.1) is 11.3 Å². The van der Waals surface area contributed by atoms with E-state index in [4.69, 9.17) is 0 Å². The summed E-state index contributed by atoms with van der Waals surface area (Å²) < 4.78 is 0. The van der Waals surface area contributed by atoms with Gasteiger partial charge in [0.2, 0.25) is 5.91 Å². The molecule has 2 saturated carbocycles. The molecule has 0 radical (unpaired) electrons. The van der Waals surface area contributed by atoms with Gasteiger partial charge in [0, 0.05) is 42.5 Å². The summed E-state index contributed by atoms with van der Waals surface area (Å²) in [5.41, 5.74) is 0.640. The van der Waals surface area contributed by atoms with Crippen LogP contribution in [0.15, 0.2) is 24.5 Å². The van der Waals surface area contributed by atoms with Crippen molar-refractivity contribution in [2.45, 2.75) is 76.7 Å². The number of likely N-dealkylation sites (tertiary alicyclic amines) is 1. The van der Waals surface area contributed by atoms with Crippen LogP contribution in [0.25, 0.3) is 0 Å². The first-order valence-electron chi connectivity index (χ1n) is 11.2. The smallest absolute Gasteiger partial charge is 0.254 e. The molecule has 1 N–H and O–H groups in total. The third kappa shape index (κ3) is 4.08. The van der Waals surface area contributed by atoms with Crippen LogP contribution < -0.4 is 5.32 Å². The van der Waals surface area contributed by atoms with E-state index in [1.54, 1.807) is 24.5 Å². The van der Waals surface area contributed by atoms with Crippen LogP contribution in [-0.4, -0.2) is 40.8 Å². The highest BCUT2D eigenvalue weighted by molar-refractivity contribution is 5.95. The normalized spacial score (nSPS) is 25.4. The largest absolute Gasteiger partial charge is 0.353 e. The number of hydrogen-bond donors (Lipinski definition) is 1. The van der Waals surface area contributed by atoms with E-state index in [-0.39, 0.29) is 23.1 Å². The van der Waals surface area contributed by atoms with Crippen LogP contribution in [0.1, 0.15) is 81.0 Å². The minimum absolute atomic E-state index is 0.0320. The lowest BCUT2D eigenvalue weighted by molar-refractivity contribution is -0.129. The van der Waals surface area contributed by atoms with E-state index >= 15 is 0 Å². The maximum absolute atomic E-state index is 13.3. The number of pyridine rings is 1. The van der Waals surface area contributed by atoms with Gasteiger partial charge in [0.25, 0.3) is 5.91 Å². The van der Waals surface area contributed by atoms with Crippen molar-refractivity contribution in [3.8, 4) is 0 Å². The van der Waals surface area contributed by atoms with Gasteiger partial charge in [0.15, 0.2) is 0 Å². The Morgan fingerprint density at radius 2 is 1.61 bits per heavy atom. The van der Waals surface area contributed by atoms with Crippen molar-refractivity contribution in [2.24, 2.45) is 11.3 Å². The molecule has 3 aliphatic rings. The fourth-order valence-electron chi connectivity index (χ4n) is 5.65. The summed E-state index contributed by atoms with van der Waals surface area (Å²) in [6.07, 6.45) is 16.3. The van der Waals surface area contributed by atoms with Crippen LogP contribution in [0.4, 0.5) is 0 Å². The van der Waals surface area contributed by atoms with E-state index in [0.717, 1.165) is 32.2 Å². The molecule has 1 spiro atoms. The second-order valence-corrected chi connectivity index (χ2v) is 9.09. The van der Waals surface area contributed by atoms with Crippen LogP contribution in [-0.2, 0) is 4.79 Å². The van der Waals surface area contributed by atoms with Crippen LogP contribution >= 0.6 is 0 Å². The van der Waals surface area contributed by atoms with E-state index in [0.29, 0.717) is 18.2 Å². The Hall–Kier alpha value is -1.91. The molecule has 1 saturated heterocycles. The zero-order chi connectivity index (χ0) is 19.4. The van der Waals surface area contributed by atoms with Crippen molar-refractivity contribution >= 4 is 11.8 Å². The number of hydrogen-bond acceptors (Lipinski definition) is 3. The standard InChI is InChI=1S/C23H33N3O2/c27-21(25-19-8-4-1-2-5-9-19)20-16-26(17-23(20)12-6-3-7-13-23)22(28)18-10-14-24-15-11-18/h10-11,14-15,19-20H,1-9,12-13,16-17H2,(H,25,27). The SMILES string of the molecule is O=C(NC1CCCCCC1)C1CN(C(=O)c2ccncc2)CC12CCCCC2. The van der Waals surface area contributed by atoms with Gasteiger partial charge in [-0.3, -0.25) is 14.6 Å². The van der Waals surface area contributed by atoms with E-state index in [1.165, 1.54) is 44.9 Å². The van der Waals surface area contributed by atoms with Gasteiger partial charge in [-0.25, -0.2) is 0 Å². The Morgan fingerprint density at radius 3 is 2.29 bits per heavy atom. The minimum atomic E-state index is -0.0677. The van der Waals surface area contributed by atoms with E-state index < -0.39 is 0 Å². The van der Waals surface area contributed by atoms with E-state index in [2.05, 4.69) is 10.3 Å². The summed E-state index contributed by atoms with van der Waals surface area (Å²) in [5.74, 6) is 0.165. The van der Waals surface area contributed by atoms with Crippen molar-refractivity contribution in [2.75, 3.05) is 13.1 Å². The summed E-state index contributed by atoms with van der Waals surface area (Å²) in [4.78, 5) is 32.3. The lowest BCUT2D eigenvalue weighted by Crippen LogP contribution is -2.45. The lowest BCUT2D eigenvalue weighted by Gasteiger charge is -2.37. The Morgan fingerprint density at radius 1 is 0.964 bits per heavy atom. The van der Waals surface area contributed by atoms with Crippen molar-refractivity contribution in [3.05, 3.63) is 30.1 Å². The molecular weight excluding hydrogens is 350 g/mol. The number of carbonyl (C=O) groups is 2. The highest BCUT2D eigenvalue weighted by atomic mass is 16.2. The quantitative estimate of drug-likeness (QED) is 0.804. The Bertz CT molecular complexity index is 676. The molecule has 2 heterocycles. The molecule has 1 aliphatic heterocycles. The van der Waals surface area contributed by atoms with Gasteiger partial charge in [0.1, 0.15) is 0 Å². The molecule has 1 unspecified atom stereocenters. The number of rotatable bonds is 3. The highest BCUT2D eigenvalue weighted by Gasteiger charge is 2.51. The monoisotopic (exact) mass is 383 g/mol. The average Bonchev–Trinajstić information content (AvgIpc) is 2.90. The Kier molecular flexibility index (Phi) is 5.98. The molecule has 1 atom stereocenters. The average molecular weight is 384 g/mol. The van der Waals surface area contributed by atoms with Gasteiger partial charge in [-0.1, -0.05) is 44.9 Å². The summed E-state index contributed by atoms with van der Waals surface area (Å²) in [7, 11) is 0. The number of nitrogens with one attached hydrogen (secondary N) is 1.